The molecule has 25 heavy (non-hydrogen) atoms. The van der Waals surface area contributed by atoms with Gasteiger partial charge >= 0.3 is 0 Å². The SMILES string of the molecule is CCCCC(=O)[P+](c1ccccc1)(c1ccccc1)c1ccccc1. The van der Waals surface area contributed by atoms with Gasteiger partial charge in [0.25, 0.3) is 5.52 Å². The molecule has 2 heteroatoms. The highest BCUT2D eigenvalue weighted by Gasteiger charge is 2.52. The fraction of sp³-hybridized carbons (Fsp3) is 0.174. The summed E-state index contributed by atoms with van der Waals surface area (Å²) >= 11 is 0. The van der Waals surface area contributed by atoms with Crippen molar-refractivity contribution in [2.45, 2.75) is 26.2 Å². The van der Waals surface area contributed by atoms with E-state index in [1.165, 1.54) is 0 Å². The average Bonchev–Trinajstić information content (AvgIpc) is 2.69. The van der Waals surface area contributed by atoms with Crippen LogP contribution in [0.4, 0.5) is 0 Å². The zero-order chi connectivity index (χ0) is 17.5. The molecule has 0 N–H and O–H groups in total. The standard InChI is InChI=1S/C23H24OP/c1-2-3-19-23(24)25(20-13-7-4-8-14-20,21-15-9-5-10-16-21)22-17-11-6-12-18-22/h4-18H,2-3,19H2,1H3/q+1. The van der Waals surface area contributed by atoms with Crippen LogP contribution in [0.2, 0.25) is 0 Å². The molecule has 3 rings (SSSR count). The van der Waals surface area contributed by atoms with E-state index in [0.717, 1.165) is 28.8 Å². The second-order valence-corrected chi connectivity index (χ2v) is 9.56. The molecule has 0 aromatic heterocycles. The topological polar surface area (TPSA) is 17.1 Å². The van der Waals surface area contributed by atoms with E-state index in [1.807, 2.05) is 54.6 Å². The van der Waals surface area contributed by atoms with E-state index < -0.39 is 7.26 Å². The predicted molar refractivity (Wildman–Crippen MR) is 110 cm³/mol. The third-order valence-electron chi connectivity index (χ3n) is 4.55. The minimum absolute atomic E-state index is 0.373. The van der Waals surface area contributed by atoms with Crippen molar-refractivity contribution in [3.63, 3.8) is 0 Å². The lowest BCUT2D eigenvalue weighted by atomic mass is 10.3. The Morgan fingerprint density at radius 1 is 0.680 bits per heavy atom. The van der Waals surface area contributed by atoms with Gasteiger partial charge < -0.3 is 0 Å². The van der Waals surface area contributed by atoms with Crippen LogP contribution in [0, 0.1) is 0 Å². The molecule has 3 aromatic carbocycles. The maximum Gasteiger partial charge on any atom is 0.283 e. The highest BCUT2D eigenvalue weighted by atomic mass is 31.2. The molecular weight excluding hydrogens is 323 g/mol. The third-order valence-corrected chi connectivity index (χ3v) is 8.74. The van der Waals surface area contributed by atoms with E-state index in [0.29, 0.717) is 11.9 Å². The van der Waals surface area contributed by atoms with E-state index in [4.69, 9.17) is 0 Å². The van der Waals surface area contributed by atoms with Gasteiger partial charge in [0.05, 0.1) is 0 Å². The van der Waals surface area contributed by atoms with Gasteiger partial charge in [-0.2, -0.15) is 0 Å². The van der Waals surface area contributed by atoms with Gasteiger partial charge in [-0.05, 0) is 42.8 Å². The Labute approximate surface area is 151 Å². The first-order valence-corrected chi connectivity index (χ1v) is 10.7. The summed E-state index contributed by atoms with van der Waals surface area (Å²) in [6.07, 6.45) is 2.60. The van der Waals surface area contributed by atoms with Crippen LogP contribution in [0.3, 0.4) is 0 Å². The van der Waals surface area contributed by atoms with Crippen molar-refractivity contribution in [1.82, 2.24) is 0 Å². The molecule has 0 saturated carbocycles. The summed E-state index contributed by atoms with van der Waals surface area (Å²) in [6.45, 7) is 2.14. The van der Waals surface area contributed by atoms with Crippen LogP contribution >= 0.6 is 7.26 Å². The van der Waals surface area contributed by atoms with Crippen LogP contribution in [-0.4, -0.2) is 5.52 Å². The van der Waals surface area contributed by atoms with Crippen LogP contribution in [0.1, 0.15) is 26.2 Å². The lowest BCUT2D eigenvalue weighted by Crippen LogP contribution is -2.36. The van der Waals surface area contributed by atoms with Crippen LogP contribution in [-0.2, 0) is 4.79 Å². The highest BCUT2D eigenvalue weighted by molar-refractivity contribution is 8.08. The van der Waals surface area contributed by atoms with Gasteiger partial charge in [0, 0.05) is 6.42 Å². The van der Waals surface area contributed by atoms with Gasteiger partial charge in [-0.1, -0.05) is 67.9 Å². The van der Waals surface area contributed by atoms with E-state index in [-0.39, 0.29) is 0 Å². The van der Waals surface area contributed by atoms with Crippen molar-refractivity contribution in [2.24, 2.45) is 0 Å². The fourth-order valence-electron chi connectivity index (χ4n) is 3.33. The normalized spacial score (nSPS) is 11.2. The van der Waals surface area contributed by atoms with Crippen LogP contribution in [0.5, 0.6) is 0 Å². The average molecular weight is 347 g/mol. The van der Waals surface area contributed by atoms with E-state index >= 15 is 0 Å². The van der Waals surface area contributed by atoms with E-state index in [9.17, 15) is 4.79 Å². The van der Waals surface area contributed by atoms with Crippen molar-refractivity contribution in [3.05, 3.63) is 91.0 Å². The van der Waals surface area contributed by atoms with Crippen LogP contribution in [0.25, 0.3) is 0 Å². The lowest BCUT2D eigenvalue weighted by Gasteiger charge is -2.25. The van der Waals surface area contributed by atoms with Gasteiger partial charge in [-0.3, -0.25) is 4.79 Å². The Hall–Kier alpha value is -2.24. The molecule has 0 spiro atoms. The number of hydrogen-bond donors (Lipinski definition) is 0. The molecule has 0 aliphatic heterocycles. The molecule has 0 radical (unpaired) electrons. The number of unbranched alkanes of at least 4 members (excludes halogenated alkanes) is 1. The van der Waals surface area contributed by atoms with Gasteiger partial charge in [-0.25, -0.2) is 0 Å². The molecular formula is C23H24OP+. The molecule has 0 saturated heterocycles. The predicted octanol–water partition coefficient (Wildman–Crippen LogP) is 4.70. The van der Waals surface area contributed by atoms with Gasteiger partial charge in [-0.15, -0.1) is 0 Å². The summed E-state index contributed by atoms with van der Waals surface area (Å²) in [7, 11) is -2.31. The van der Waals surface area contributed by atoms with Crippen molar-refractivity contribution in [2.75, 3.05) is 0 Å². The quantitative estimate of drug-likeness (QED) is 0.566. The van der Waals surface area contributed by atoms with E-state index in [1.54, 1.807) is 0 Å². The first kappa shape index (κ1) is 17.6. The molecule has 3 aromatic rings. The lowest BCUT2D eigenvalue weighted by molar-refractivity contribution is -0.111. The fourth-order valence-corrected chi connectivity index (χ4v) is 7.44. The molecule has 0 amide bonds. The molecule has 0 aliphatic carbocycles. The zero-order valence-corrected chi connectivity index (χ0v) is 15.5. The molecule has 1 nitrogen and oxygen atoms in total. The Bertz CT molecular complexity index is 701. The molecule has 0 aliphatic rings. The number of benzene rings is 3. The maximum atomic E-state index is 13.7. The minimum Gasteiger partial charge on any atom is -0.252 e. The number of carbonyl (C=O) groups is 1. The number of carbonyl (C=O) groups excluding carboxylic acids is 1. The third kappa shape index (κ3) is 3.43. The first-order valence-electron chi connectivity index (χ1n) is 8.89. The summed E-state index contributed by atoms with van der Waals surface area (Å²) in [5, 5.41) is 3.44. The molecule has 0 unspecified atom stereocenters. The van der Waals surface area contributed by atoms with Crippen molar-refractivity contribution in [1.29, 1.82) is 0 Å². The van der Waals surface area contributed by atoms with Crippen molar-refractivity contribution >= 4 is 28.7 Å². The van der Waals surface area contributed by atoms with Crippen molar-refractivity contribution < 1.29 is 4.79 Å². The number of rotatable bonds is 7. The van der Waals surface area contributed by atoms with Crippen LogP contribution in [0.15, 0.2) is 91.0 Å². The van der Waals surface area contributed by atoms with Gasteiger partial charge in [0.15, 0.2) is 7.26 Å². The maximum absolute atomic E-state index is 13.7. The summed E-state index contributed by atoms with van der Waals surface area (Å²) in [6, 6.07) is 31.1. The molecule has 126 valence electrons. The second kappa shape index (κ2) is 8.23. The Morgan fingerprint density at radius 3 is 1.36 bits per heavy atom. The molecule has 0 atom stereocenters. The zero-order valence-electron chi connectivity index (χ0n) is 14.6. The largest absolute Gasteiger partial charge is 0.283 e. The Kier molecular flexibility index (Phi) is 5.79. The monoisotopic (exact) mass is 347 g/mol. The molecule has 0 bridgehead atoms. The summed E-state index contributed by atoms with van der Waals surface area (Å²) < 4.78 is 0. The molecule has 0 heterocycles. The Morgan fingerprint density at radius 2 is 1.04 bits per heavy atom. The number of hydrogen-bond acceptors (Lipinski definition) is 1. The summed E-state index contributed by atoms with van der Waals surface area (Å²) in [5.41, 5.74) is 0.373. The smallest absolute Gasteiger partial charge is 0.252 e. The second-order valence-electron chi connectivity index (χ2n) is 6.17. The Balaban J connectivity index is 2.30. The van der Waals surface area contributed by atoms with Crippen LogP contribution < -0.4 is 15.9 Å². The summed E-state index contributed by atoms with van der Waals surface area (Å²) in [4.78, 5) is 13.7. The first-order chi connectivity index (χ1) is 12.3. The van der Waals surface area contributed by atoms with Crippen molar-refractivity contribution in [3.8, 4) is 0 Å². The van der Waals surface area contributed by atoms with Gasteiger partial charge in [0.2, 0.25) is 0 Å². The van der Waals surface area contributed by atoms with Gasteiger partial charge in [0.1, 0.15) is 15.9 Å². The van der Waals surface area contributed by atoms with E-state index in [2.05, 4.69) is 43.3 Å². The minimum atomic E-state index is -2.31. The molecule has 0 fully saturated rings. The summed E-state index contributed by atoms with van der Waals surface area (Å²) in [5.74, 6) is 0. The highest BCUT2D eigenvalue weighted by Crippen LogP contribution is 2.57.